The summed E-state index contributed by atoms with van der Waals surface area (Å²) >= 11 is 0. The van der Waals surface area contributed by atoms with Crippen LogP contribution in [0, 0.1) is 5.92 Å². The Balaban J connectivity index is 2.96. The molecule has 370 valence electrons. The summed E-state index contributed by atoms with van der Waals surface area (Å²) in [5.74, 6) is -6.20. The number of rotatable bonds is 42. The predicted octanol–water partition coefficient (Wildman–Crippen LogP) is 8.77. The highest BCUT2D eigenvalue weighted by Gasteiger charge is 2.62. The molecule has 11 N–H and O–H groups in total. The Kier molecular flexibility index (Phi) is 34.2. The summed E-state index contributed by atoms with van der Waals surface area (Å²) in [6.07, 6.45) is 34.7. The van der Waals surface area contributed by atoms with E-state index in [-0.39, 0.29) is 25.3 Å². The molecule has 0 radical (unpaired) electrons. The van der Waals surface area contributed by atoms with E-state index in [4.69, 9.17) is 27.7 Å². The molecule has 0 spiro atoms. The van der Waals surface area contributed by atoms with E-state index in [1.54, 1.807) is 0 Å². The fraction of sp³-hybridized carbons (Fsp3) is 0.902. The van der Waals surface area contributed by atoms with Crippen LogP contribution in [-0.2, 0) is 19.1 Å². The van der Waals surface area contributed by atoms with Gasteiger partial charge in [-0.2, -0.15) is 0 Å². The third-order valence-electron chi connectivity index (χ3n) is 13.3. The number of carbonyl (C=O) groups excluding carboxylic acids is 3. The van der Waals surface area contributed by atoms with E-state index in [1.807, 2.05) is 0 Å². The van der Waals surface area contributed by atoms with Gasteiger partial charge >= 0.3 is 0 Å². The topological polar surface area (TPSA) is 228 Å². The minimum atomic E-state index is -2.30. The molecule has 0 bridgehead atoms. The summed E-state index contributed by atoms with van der Waals surface area (Å²) in [7, 11) is 0. The van der Waals surface area contributed by atoms with Crippen molar-refractivity contribution in [2.75, 3.05) is 19.7 Å². The van der Waals surface area contributed by atoms with Gasteiger partial charge in [0.1, 0.15) is 23.7 Å². The minimum absolute atomic E-state index is 0.122. The average molecular weight is 894 g/mol. The fourth-order valence-electron chi connectivity index (χ4n) is 9.03. The van der Waals surface area contributed by atoms with E-state index in [0.29, 0.717) is 32.2 Å². The zero-order valence-corrected chi connectivity index (χ0v) is 40.7. The normalized spacial score (nSPS) is 21.7. The minimum Gasteiger partial charge on any atom is -0.394 e. The van der Waals surface area contributed by atoms with Crippen LogP contribution >= 0.6 is 0 Å². The number of amides is 1. The van der Waals surface area contributed by atoms with E-state index >= 15 is 0 Å². The summed E-state index contributed by atoms with van der Waals surface area (Å²) in [5, 5.41) is 32.8. The van der Waals surface area contributed by atoms with E-state index < -0.39 is 59.8 Å². The lowest BCUT2D eigenvalue weighted by Crippen LogP contribution is -2.78. The van der Waals surface area contributed by atoms with E-state index in [0.717, 1.165) is 64.2 Å². The molecule has 0 aliphatic carbocycles. The first kappa shape index (κ1) is 59.2. The molecule has 7 atom stereocenters. The molecular formula is C51H99N5O7. The number of nitrogens with zero attached hydrogens (tertiary/aromatic N) is 1. The van der Waals surface area contributed by atoms with Gasteiger partial charge in [0.25, 0.3) is 0 Å². The monoisotopic (exact) mass is 894 g/mol. The van der Waals surface area contributed by atoms with Crippen molar-refractivity contribution in [2.45, 2.75) is 268 Å². The second kappa shape index (κ2) is 36.4. The molecule has 0 aromatic carbocycles. The lowest BCUT2D eigenvalue weighted by molar-refractivity contribution is -0.292. The average Bonchev–Trinajstić information content (AvgIpc) is 3.26. The molecule has 1 amide bonds. The molecule has 0 unspecified atom stereocenters. The zero-order valence-electron chi connectivity index (χ0n) is 40.7. The molecule has 0 saturated carbocycles. The third kappa shape index (κ3) is 23.5. The number of unbranched alkanes of at least 4 members (excludes halogenated alkanes) is 27. The number of ketones is 2. The predicted molar refractivity (Wildman–Crippen MR) is 259 cm³/mol. The van der Waals surface area contributed by atoms with Crippen molar-refractivity contribution >= 4 is 17.5 Å². The Labute approximate surface area is 384 Å². The second-order valence-electron chi connectivity index (χ2n) is 19.1. The number of carbonyl (C=O) groups is 3. The lowest BCUT2D eigenvalue weighted by Gasteiger charge is -2.53. The molecular weight excluding hydrogens is 795 g/mol. The number of hydrogen-bond donors (Lipinski definition) is 7. The Morgan fingerprint density at radius 2 is 1.10 bits per heavy atom. The molecule has 12 nitrogen and oxygen atoms in total. The molecule has 0 aromatic heterocycles. The van der Waals surface area contributed by atoms with Crippen molar-refractivity contribution in [1.29, 1.82) is 0 Å². The zero-order chi connectivity index (χ0) is 46.8. The number of hydrogen-bond acceptors (Lipinski definition) is 11. The largest absolute Gasteiger partial charge is 0.394 e. The van der Waals surface area contributed by atoms with Crippen LogP contribution in [0.3, 0.4) is 0 Å². The van der Waals surface area contributed by atoms with Crippen molar-refractivity contribution in [3.05, 3.63) is 12.2 Å². The van der Waals surface area contributed by atoms with Crippen molar-refractivity contribution < 1.29 is 34.4 Å². The van der Waals surface area contributed by atoms with Crippen LogP contribution in [0.15, 0.2) is 12.2 Å². The molecule has 63 heavy (non-hydrogen) atoms. The highest BCUT2D eigenvalue weighted by Crippen LogP contribution is 2.38. The van der Waals surface area contributed by atoms with Crippen LogP contribution in [0.25, 0.3) is 0 Å². The first-order valence-corrected chi connectivity index (χ1v) is 26.1. The number of aliphatic hydroxyl groups is 3. The number of Topliss-reactive ketones (excluding diaryl/α,β-unsaturated/α-hetero) is 2. The van der Waals surface area contributed by atoms with Gasteiger partial charge < -0.3 is 42.2 Å². The summed E-state index contributed by atoms with van der Waals surface area (Å²) in [4.78, 5) is 43.7. The molecule has 1 aliphatic rings. The fourth-order valence-corrected chi connectivity index (χ4v) is 9.03. The number of aliphatic hydroxyl groups excluding tert-OH is 3. The summed E-state index contributed by atoms with van der Waals surface area (Å²) in [5.41, 5.74) is 23.1. The molecule has 1 fully saturated rings. The summed E-state index contributed by atoms with van der Waals surface area (Å²) in [6, 6.07) is -1.08. The Morgan fingerprint density at radius 3 is 1.54 bits per heavy atom. The molecule has 1 rings (SSSR count). The van der Waals surface area contributed by atoms with Crippen LogP contribution in [0.4, 0.5) is 0 Å². The van der Waals surface area contributed by atoms with Crippen molar-refractivity contribution in [3.63, 3.8) is 0 Å². The van der Waals surface area contributed by atoms with Crippen LogP contribution in [-0.4, -0.2) is 93.1 Å². The summed E-state index contributed by atoms with van der Waals surface area (Å²) < 4.78 is 6.13. The van der Waals surface area contributed by atoms with E-state index in [9.17, 15) is 29.7 Å². The molecule has 12 heteroatoms. The molecule has 1 heterocycles. The van der Waals surface area contributed by atoms with Gasteiger partial charge in [0, 0.05) is 13.0 Å². The maximum atomic E-state index is 14.5. The quantitative estimate of drug-likeness (QED) is 0.0133. The number of ether oxygens (including phenoxy) is 1. The van der Waals surface area contributed by atoms with Gasteiger partial charge in [0.05, 0.1) is 18.8 Å². The van der Waals surface area contributed by atoms with Crippen LogP contribution in [0.2, 0.25) is 0 Å². The maximum absolute atomic E-state index is 14.5. The number of nitrogens with two attached hydrogens (primary N) is 4. The smallest absolute Gasteiger partial charge is 0.225 e. The van der Waals surface area contributed by atoms with Gasteiger partial charge in [0.15, 0.2) is 11.6 Å². The van der Waals surface area contributed by atoms with E-state index in [1.165, 1.54) is 121 Å². The Hall–Kier alpha value is -1.77. The highest BCUT2D eigenvalue weighted by molar-refractivity contribution is 6.14. The van der Waals surface area contributed by atoms with E-state index in [2.05, 4.69) is 26.0 Å². The standard InChI is InChI=1S/C51H99N5O7/c1-4-6-8-10-12-14-16-18-20-22-24-26-28-30-32-36-40-56(44(58)38-33-31-29-27-25-23-21-19-17-15-13-11-9-7-5-2)51(55)45(47(60)46(59)43(41-57)63-51)49(62)50(3,54)48(61)42(53)37-34-35-39-52/h19,21,42-43,45-47,57,59-60H,4-18,20,22-41,52-55H2,1-3H3/b21-19-/t42-,43+,45-,46+,47+,50+,51-/m0/s1. The van der Waals surface area contributed by atoms with Gasteiger partial charge in [-0.05, 0) is 64.8 Å². The Bertz CT molecular complexity index is 1200. The van der Waals surface area contributed by atoms with Gasteiger partial charge in [-0.1, -0.05) is 180 Å². The third-order valence-corrected chi connectivity index (χ3v) is 13.3. The highest BCUT2D eigenvalue weighted by atomic mass is 16.6. The van der Waals surface area contributed by atoms with Crippen LogP contribution in [0.1, 0.15) is 233 Å². The van der Waals surface area contributed by atoms with Crippen LogP contribution < -0.4 is 22.9 Å². The number of allylic oxidation sites excluding steroid dienone is 2. The molecule has 0 aromatic rings. The van der Waals surface area contributed by atoms with Gasteiger partial charge in [-0.25, -0.2) is 0 Å². The van der Waals surface area contributed by atoms with Gasteiger partial charge in [0.2, 0.25) is 11.8 Å². The SMILES string of the molecule is CCCCCCCC/C=C\CCCCCCCC(=O)N(CCCCCCCCCCCCCCCCCC)[C@]1(N)O[C@H](CO)[C@@H](O)[C@H](O)[C@H]1C(=O)[C@](C)(N)C(=O)[C@@H](N)CCCCN. The Morgan fingerprint density at radius 1 is 0.667 bits per heavy atom. The van der Waals surface area contributed by atoms with Gasteiger partial charge in [-0.15, -0.1) is 0 Å². The summed E-state index contributed by atoms with van der Waals surface area (Å²) in [6.45, 7) is 5.54. The maximum Gasteiger partial charge on any atom is 0.225 e. The van der Waals surface area contributed by atoms with Gasteiger partial charge in [-0.3, -0.25) is 20.1 Å². The van der Waals surface area contributed by atoms with Crippen molar-refractivity contribution in [2.24, 2.45) is 28.9 Å². The van der Waals surface area contributed by atoms with Crippen LogP contribution in [0.5, 0.6) is 0 Å². The molecule has 1 aliphatic heterocycles. The van der Waals surface area contributed by atoms with Crippen molar-refractivity contribution in [3.8, 4) is 0 Å². The van der Waals surface area contributed by atoms with Crippen molar-refractivity contribution in [1.82, 2.24) is 4.90 Å². The first-order valence-electron chi connectivity index (χ1n) is 26.1. The first-order chi connectivity index (χ1) is 30.3. The lowest BCUT2D eigenvalue weighted by atomic mass is 9.73. The second-order valence-corrected chi connectivity index (χ2v) is 19.1. The molecule has 1 saturated heterocycles.